The highest BCUT2D eigenvalue weighted by Crippen LogP contribution is 2.44. The first-order valence-corrected chi connectivity index (χ1v) is 12.3. The van der Waals surface area contributed by atoms with Crippen molar-refractivity contribution in [3.63, 3.8) is 0 Å². The molecule has 2 aromatic rings. The largest absolute Gasteiger partial charge is 0.438 e. The monoisotopic (exact) mass is 540 g/mol. The first-order chi connectivity index (χ1) is 17.6. The van der Waals surface area contributed by atoms with E-state index in [1.807, 2.05) is 6.92 Å². The lowest BCUT2D eigenvalue weighted by Crippen LogP contribution is -2.44. The Labute approximate surface area is 220 Å². The molecule has 0 aliphatic carbocycles. The first-order valence-electron chi connectivity index (χ1n) is 12.3. The van der Waals surface area contributed by atoms with Gasteiger partial charge in [-0.25, -0.2) is 14.2 Å². The number of anilines is 2. The van der Waals surface area contributed by atoms with Gasteiger partial charge in [-0.3, -0.25) is 14.2 Å². The summed E-state index contributed by atoms with van der Waals surface area (Å²) in [4.78, 5) is 47.6. The van der Waals surface area contributed by atoms with Crippen LogP contribution < -0.4 is 11.1 Å². The third-order valence-electron chi connectivity index (χ3n) is 6.44. The number of esters is 1. The number of alkyl halides is 1. The average molecular weight is 541 g/mol. The second kappa shape index (κ2) is 10.9. The molecule has 3 heterocycles. The van der Waals surface area contributed by atoms with Gasteiger partial charge in [0.1, 0.15) is 6.10 Å². The van der Waals surface area contributed by atoms with Crippen LogP contribution in [0.2, 0.25) is 0 Å². The van der Waals surface area contributed by atoms with Crippen molar-refractivity contribution < 1.29 is 38.0 Å². The summed E-state index contributed by atoms with van der Waals surface area (Å²) in [5.41, 5.74) is 2.57. The summed E-state index contributed by atoms with van der Waals surface area (Å²) in [6, 6.07) is 0. The molecule has 0 aromatic carbocycles. The van der Waals surface area contributed by atoms with Crippen molar-refractivity contribution in [1.82, 2.24) is 19.5 Å². The van der Waals surface area contributed by atoms with Crippen LogP contribution >= 0.6 is 0 Å². The first kappa shape index (κ1) is 29.5. The zero-order chi connectivity index (χ0) is 28.5. The second-order valence-corrected chi connectivity index (χ2v) is 11.0. The summed E-state index contributed by atoms with van der Waals surface area (Å²) in [6.45, 7) is 10.9. The minimum atomic E-state index is -2.26. The molecule has 0 spiro atoms. The molecule has 3 N–H and O–H groups in total. The normalized spacial score (nSPS) is 24.0. The zero-order valence-corrected chi connectivity index (χ0v) is 23.0. The maximum atomic E-state index is 16.5. The molecule has 1 fully saturated rings. The van der Waals surface area contributed by atoms with Gasteiger partial charge >= 0.3 is 11.9 Å². The van der Waals surface area contributed by atoms with Gasteiger partial charge in [0, 0.05) is 7.05 Å². The number of nitrogens with one attached hydrogen (secondary N) is 1. The number of nitrogen functional groups attached to an aromatic ring is 1. The highest BCUT2D eigenvalue weighted by atomic mass is 19.1. The number of carbonyl (C=O) groups is 2. The minimum Gasteiger partial charge on any atom is -0.438 e. The maximum Gasteiger partial charge on any atom is 0.347 e. The number of aromatic nitrogens is 4. The molecule has 14 heteroatoms. The minimum absolute atomic E-state index is 0.0498. The quantitative estimate of drug-likeness (QED) is 0.149. The van der Waals surface area contributed by atoms with Crippen LogP contribution in [-0.4, -0.2) is 69.8 Å². The van der Waals surface area contributed by atoms with E-state index >= 15 is 4.39 Å². The Hall–Kier alpha value is -3.10. The van der Waals surface area contributed by atoms with Gasteiger partial charge in [-0.2, -0.15) is 14.9 Å². The van der Waals surface area contributed by atoms with Crippen LogP contribution in [0.4, 0.5) is 16.2 Å². The van der Waals surface area contributed by atoms with Crippen LogP contribution in [0.15, 0.2) is 6.33 Å². The Morgan fingerprint density at radius 3 is 2.53 bits per heavy atom. The lowest BCUT2D eigenvalue weighted by molar-refractivity contribution is -0.325. The highest BCUT2D eigenvalue weighted by molar-refractivity contribution is 5.84. The van der Waals surface area contributed by atoms with E-state index in [9.17, 15) is 9.59 Å². The number of nitrogens with two attached hydrogens (primary N) is 1. The molecule has 0 bridgehead atoms. The van der Waals surface area contributed by atoms with E-state index in [2.05, 4.69) is 20.3 Å². The summed E-state index contributed by atoms with van der Waals surface area (Å²) >= 11 is 0. The van der Waals surface area contributed by atoms with Gasteiger partial charge in [0.25, 0.3) is 0 Å². The molecule has 1 aliphatic rings. The molecule has 0 radical (unpaired) electrons. The van der Waals surface area contributed by atoms with E-state index in [0.29, 0.717) is 17.8 Å². The fraction of sp³-hybridized carbons (Fsp3) is 0.708. The number of nitrogens with zero attached hydrogens (tertiary/aromatic N) is 4. The van der Waals surface area contributed by atoms with E-state index in [0.717, 1.165) is 0 Å². The summed E-state index contributed by atoms with van der Waals surface area (Å²) in [5.74, 6) is -0.825. The van der Waals surface area contributed by atoms with Crippen molar-refractivity contribution >= 4 is 34.9 Å². The van der Waals surface area contributed by atoms with Crippen LogP contribution in [0, 0.1) is 10.8 Å². The van der Waals surface area contributed by atoms with Crippen LogP contribution in [-0.2, 0) is 33.6 Å². The Morgan fingerprint density at radius 1 is 1.24 bits per heavy atom. The number of imidazole rings is 1. The molecule has 0 saturated carbocycles. The van der Waals surface area contributed by atoms with Gasteiger partial charge < -0.3 is 25.3 Å². The molecule has 0 amide bonds. The number of fused-ring (bicyclic) bond motifs is 1. The van der Waals surface area contributed by atoms with E-state index in [1.165, 1.54) is 17.8 Å². The smallest absolute Gasteiger partial charge is 0.347 e. The van der Waals surface area contributed by atoms with Gasteiger partial charge in [0.15, 0.2) is 41.8 Å². The van der Waals surface area contributed by atoms with Gasteiger partial charge in [0.05, 0.1) is 23.8 Å². The standard InChI is InChI=1S/C24H37FN6O7/c1-9-23(5,6)20(33)38-37-15-13(10-34-12-35-19(32)22(2,3)4)36-18(24(15,7)25)31-11-28-14-16(27-8)29-21(26)30-17(14)31/h11,13,15,18H,9-10,12H2,1-8H3,(H3,26,27,29,30)/t13-,15-,18-,24-/m1/s1. The number of hydrogen-bond acceptors (Lipinski definition) is 12. The van der Waals surface area contributed by atoms with Crippen molar-refractivity contribution in [2.75, 3.05) is 31.5 Å². The lowest BCUT2D eigenvalue weighted by atomic mass is 9.91. The Morgan fingerprint density at radius 2 is 1.92 bits per heavy atom. The SMILES string of the molecule is CCC(C)(C)C(=O)OO[C@@H]1[C@@H](COCOC(=O)C(C)(C)C)O[C@@H](n2cnc3c(NC)nc(N)nc32)[C@]1(C)F. The molecule has 38 heavy (non-hydrogen) atoms. The number of halogens is 1. The van der Waals surface area contributed by atoms with E-state index in [-0.39, 0.29) is 25.0 Å². The van der Waals surface area contributed by atoms with E-state index in [4.69, 9.17) is 29.7 Å². The molecule has 13 nitrogen and oxygen atoms in total. The zero-order valence-electron chi connectivity index (χ0n) is 23.0. The molecule has 1 saturated heterocycles. The van der Waals surface area contributed by atoms with E-state index in [1.54, 1.807) is 41.7 Å². The number of rotatable bonds is 10. The number of hydrogen-bond donors (Lipinski definition) is 2. The molecule has 4 atom stereocenters. The van der Waals surface area contributed by atoms with Crippen molar-refractivity contribution in [3.05, 3.63) is 6.33 Å². The predicted octanol–water partition coefficient (Wildman–Crippen LogP) is 2.92. The molecular formula is C24H37FN6O7. The summed E-state index contributed by atoms with van der Waals surface area (Å²) < 4.78 is 34.4. The van der Waals surface area contributed by atoms with Crippen LogP contribution in [0.3, 0.4) is 0 Å². The summed E-state index contributed by atoms with van der Waals surface area (Å²) in [6.07, 6.45) is -1.98. The molecule has 212 valence electrons. The Bertz CT molecular complexity index is 1160. The fourth-order valence-corrected chi connectivity index (χ4v) is 3.60. The van der Waals surface area contributed by atoms with Crippen molar-refractivity contribution in [3.8, 4) is 0 Å². The third kappa shape index (κ3) is 5.97. The molecule has 2 aromatic heterocycles. The number of ether oxygens (including phenoxy) is 3. The molecular weight excluding hydrogens is 503 g/mol. The van der Waals surface area contributed by atoms with Gasteiger partial charge in [-0.1, -0.05) is 6.92 Å². The summed E-state index contributed by atoms with van der Waals surface area (Å²) in [5, 5.41) is 2.87. The van der Waals surface area contributed by atoms with Crippen molar-refractivity contribution in [2.24, 2.45) is 10.8 Å². The average Bonchev–Trinajstić information content (AvgIpc) is 3.36. The third-order valence-corrected chi connectivity index (χ3v) is 6.44. The topological polar surface area (TPSA) is 162 Å². The fourth-order valence-electron chi connectivity index (χ4n) is 3.60. The predicted molar refractivity (Wildman–Crippen MR) is 134 cm³/mol. The molecule has 1 aliphatic heterocycles. The highest BCUT2D eigenvalue weighted by Gasteiger charge is 2.58. The van der Waals surface area contributed by atoms with Gasteiger partial charge in [-0.05, 0) is 48.0 Å². The lowest BCUT2D eigenvalue weighted by Gasteiger charge is -2.28. The van der Waals surface area contributed by atoms with Crippen LogP contribution in [0.25, 0.3) is 11.2 Å². The Balaban J connectivity index is 1.87. The van der Waals surface area contributed by atoms with Crippen LogP contribution in [0.1, 0.15) is 61.1 Å². The second-order valence-electron chi connectivity index (χ2n) is 11.0. The maximum absolute atomic E-state index is 16.5. The van der Waals surface area contributed by atoms with Gasteiger partial charge in [0.2, 0.25) is 5.95 Å². The van der Waals surface area contributed by atoms with Crippen molar-refractivity contribution in [1.29, 1.82) is 0 Å². The van der Waals surface area contributed by atoms with Crippen molar-refractivity contribution in [2.45, 2.75) is 79.0 Å². The molecule has 0 unspecified atom stereocenters. The summed E-state index contributed by atoms with van der Waals surface area (Å²) in [7, 11) is 1.64. The number of carbonyl (C=O) groups excluding carboxylic acids is 2. The Kier molecular flexibility index (Phi) is 8.48. The van der Waals surface area contributed by atoms with Gasteiger partial charge in [-0.15, -0.1) is 0 Å². The van der Waals surface area contributed by atoms with E-state index < -0.39 is 46.9 Å². The molecule has 3 rings (SSSR count). The van der Waals surface area contributed by atoms with Crippen LogP contribution in [0.5, 0.6) is 0 Å².